The van der Waals surface area contributed by atoms with Gasteiger partial charge in [-0.05, 0) is 17.5 Å². The number of methoxy groups -OCH3 is 1. The van der Waals surface area contributed by atoms with Gasteiger partial charge in [0.1, 0.15) is 5.60 Å². The van der Waals surface area contributed by atoms with Crippen molar-refractivity contribution < 1.29 is 19.7 Å². The van der Waals surface area contributed by atoms with Gasteiger partial charge in [0.05, 0.1) is 18.8 Å². The van der Waals surface area contributed by atoms with Crippen LogP contribution in [0.15, 0.2) is 35.4 Å². The molecule has 4 atom stereocenters. The number of aliphatic hydroxyl groups is 2. The molecule has 0 aliphatic carbocycles. The molecule has 1 saturated heterocycles. The fourth-order valence-corrected chi connectivity index (χ4v) is 2.48. The summed E-state index contributed by atoms with van der Waals surface area (Å²) in [5.74, 6) is 0. The van der Waals surface area contributed by atoms with E-state index in [-0.39, 0.29) is 6.42 Å². The van der Waals surface area contributed by atoms with Crippen molar-refractivity contribution in [2.24, 2.45) is 5.11 Å². The first-order valence-electron chi connectivity index (χ1n) is 6.27. The maximum Gasteiger partial charge on any atom is 0.167 e. The summed E-state index contributed by atoms with van der Waals surface area (Å²) in [6.45, 7) is -0.402. The first-order valence-corrected chi connectivity index (χ1v) is 6.27. The van der Waals surface area contributed by atoms with Crippen molar-refractivity contribution in [2.75, 3.05) is 13.7 Å². The molecule has 4 unspecified atom stereocenters. The summed E-state index contributed by atoms with van der Waals surface area (Å²) >= 11 is 0. The minimum atomic E-state index is -1.27. The second kappa shape index (κ2) is 6.21. The molecular formula is C13H17N3O4. The van der Waals surface area contributed by atoms with Crippen LogP contribution in [0.25, 0.3) is 10.4 Å². The molecule has 1 aliphatic heterocycles. The van der Waals surface area contributed by atoms with E-state index in [1.165, 1.54) is 7.11 Å². The SMILES string of the molecule is COC1OC(CO)(c2ccccc2)C(O)CC1N=[N+]=[N-]. The maximum atomic E-state index is 10.4. The summed E-state index contributed by atoms with van der Waals surface area (Å²) in [7, 11) is 1.43. The molecule has 0 spiro atoms. The summed E-state index contributed by atoms with van der Waals surface area (Å²) in [5.41, 5.74) is 7.91. The quantitative estimate of drug-likeness (QED) is 0.492. The minimum absolute atomic E-state index is 0.151. The van der Waals surface area contributed by atoms with Gasteiger partial charge in [-0.3, -0.25) is 0 Å². The van der Waals surface area contributed by atoms with E-state index in [0.717, 1.165) is 0 Å². The van der Waals surface area contributed by atoms with Crippen LogP contribution in [-0.2, 0) is 15.1 Å². The Morgan fingerprint density at radius 1 is 1.50 bits per heavy atom. The molecule has 7 nitrogen and oxygen atoms in total. The predicted molar refractivity (Wildman–Crippen MR) is 70.6 cm³/mol. The third-order valence-electron chi connectivity index (χ3n) is 3.57. The fourth-order valence-electron chi connectivity index (χ4n) is 2.48. The van der Waals surface area contributed by atoms with Crippen LogP contribution < -0.4 is 0 Å². The van der Waals surface area contributed by atoms with E-state index in [1.54, 1.807) is 24.3 Å². The lowest BCUT2D eigenvalue weighted by molar-refractivity contribution is -0.284. The van der Waals surface area contributed by atoms with Gasteiger partial charge in [0, 0.05) is 12.0 Å². The van der Waals surface area contributed by atoms with Gasteiger partial charge in [-0.1, -0.05) is 35.4 Å². The Balaban J connectivity index is 2.37. The van der Waals surface area contributed by atoms with Crippen LogP contribution >= 0.6 is 0 Å². The van der Waals surface area contributed by atoms with Gasteiger partial charge in [0.25, 0.3) is 0 Å². The number of azide groups is 1. The molecule has 1 fully saturated rings. The van der Waals surface area contributed by atoms with Gasteiger partial charge in [-0.2, -0.15) is 0 Å². The van der Waals surface area contributed by atoms with Crippen LogP contribution in [0.5, 0.6) is 0 Å². The van der Waals surface area contributed by atoms with Crippen molar-refractivity contribution in [3.05, 3.63) is 46.3 Å². The van der Waals surface area contributed by atoms with E-state index in [1.807, 2.05) is 6.07 Å². The molecule has 1 aromatic carbocycles. The van der Waals surface area contributed by atoms with Gasteiger partial charge in [0.15, 0.2) is 6.29 Å². The molecule has 0 saturated carbocycles. The lowest BCUT2D eigenvalue weighted by Gasteiger charge is -2.45. The third kappa shape index (κ3) is 2.49. The van der Waals surface area contributed by atoms with Crippen LogP contribution in [0.4, 0.5) is 0 Å². The molecule has 0 bridgehead atoms. The van der Waals surface area contributed by atoms with E-state index in [9.17, 15) is 10.2 Å². The first kappa shape index (κ1) is 14.8. The van der Waals surface area contributed by atoms with Gasteiger partial charge >= 0.3 is 0 Å². The molecule has 7 heteroatoms. The number of benzene rings is 1. The van der Waals surface area contributed by atoms with E-state index >= 15 is 0 Å². The van der Waals surface area contributed by atoms with Crippen LogP contribution in [0.3, 0.4) is 0 Å². The monoisotopic (exact) mass is 279 g/mol. The number of aliphatic hydroxyl groups excluding tert-OH is 2. The average molecular weight is 279 g/mol. The van der Waals surface area contributed by atoms with Crippen molar-refractivity contribution >= 4 is 0 Å². The number of ether oxygens (including phenoxy) is 2. The fraction of sp³-hybridized carbons (Fsp3) is 0.538. The van der Waals surface area contributed by atoms with Gasteiger partial charge in [0.2, 0.25) is 0 Å². The molecule has 1 aromatic rings. The highest BCUT2D eigenvalue weighted by molar-refractivity contribution is 5.25. The van der Waals surface area contributed by atoms with Gasteiger partial charge in [-0.15, -0.1) is 0 Å². The lowest BCUT2D eigenvalue weighted by Crippen LogP contribution is -2.56. The molecule has 2 rings (SSSR count). The first-order chi connectivity index (χ1) is 9.67. The van der Waals surface area contributed by atoms with Gasteiger partial charge in [-0.25, -0.2) is 0 Å². The predicted octanol–water partition coefficient (Wildman–Crippen LogP) is 1.31. The molecular weight excluding hydrogens is 262 g/mol. The van der Waals surface area contributed by atoms with Crippen molar-refractivity contribution in [3.63, 3.8) is 0 Å². The Bertz CT molecular complexity index is 492. The van der Waals surface area contributed by atoms with Crippen molar-refractivity contribution in [2.45, 2.75) is 30.5 Å². The number of rotatable bonds is 4. The summed E-state index contributed by atoms with van der Waals surface area (Å²) < 4.78 is 10.9. The summed E-state index contributed by atoms with van der Waals surface area (Å²) in [6, 6.07) is 8.32. The topological polar surface area (TPSA) is 108 Å². The van der Waals surface area contributed by atoms with Crippen LogP contribution in [0.2, 0.25) is 0 Å². The molecule has 0 radical (unpaired) electrons. The Labute approximate surface area is 116 Å². The largest absolute Gasteiger partial charge is 0.393 e. The molecule has 1 aliphatic rings. The Morgan fingerprint density at radius 3 is 2.75 bits per heavy atom. The number of hydrogen-bond acceptors (Lipinski definition) is 5. The lowest BCUT2D eigenvalue weighted by atomic mass is 9.83. The molecule has 0 amide bonds. The Hall–Kier alpha value is -1.63. The molecule has 1 heterocycles. The number of nitrogens with zero attached hydrogens (tertiary/aromatic N) is 3. The highest BCUT2D eigenvalue weighted by atomic mass is 16.7. The van der Waals surface area contributed by atoms with Crippen LogP contribution in [0, 0.1) is 0 Å². The highest BCUT2D eigenvalue weighted by Gasteiger charge is 2.49. The van der Waals surface area contributed by atoms with E-state index in [0.29, 0.717) is 5.56 Å². The average Bonchev–Trinajstić information content (AvgIpc) is 2.49. The van der Waals surface area contributed by atoms with E-state index in [4.69, 9.17) is 15.0 Å². The zero-order valence-electron chi connectivity index (χ0n) is 11.1. The van der Waals surface area contributed by atoms with Crippen molar-refractivity contribution in [1.82, 2.24) is 0 Å². The zero-order chi connectivity index (χ0) is 14.6. The standard InChI is InChI=1S/C13H17N3O4/c1-19-12-10(15-16-14)7-11(18)13(8-17,20-12)9-5-3-2-4-6-9/h2-6,10-12,17-18H,7-8H2,1H3. The highest BCUT2D eigenvalue weighted by Crippen LogP contribution is 2.39. The second-order valence-electron chi connectivity index (χ2n) is 4.66. The number of hydrogen-bond donors (Lipinski definition) is 2. The van der Waals surface area contributed by atoms with Crippen molar-refractivity contribution in [3.8, 4) is 0 Å². The van der Waals surface area contributed by atoms with E-state index in [2.05, 4.69) is 10.0 Å². The molecule has 0 aromatic heterocycles. The minimum Gasteiger partial charge on any atom is -0.393 e. The maximum absolute atomic E-state index is 10.4. The third-order valence-corrected chi connectivity index (χ3v) is 3.57. The summed E-state index contributed by atoms with van der Waals surface area (Å²) in [4.78, 5) is 2.73. The van der Waals surface area contributed by atoms with Crippen LogP contribution in [-0.4, -0.2) is 42.4 Å². The van der Waals surface area contributed by atoms with Crippen LogP contribution in [0.1, 0.15) is 12.0 Å². The smallest absolute Gasteiger partial charge is 0.167 e. The van der Waals surface area contributed by atoms with Crippen molar-refractivity contribution in [1.29, 1.82) is 0 Å². The second-order valence-corrected chi connectivity index (χ2v) is 4.66. The molecule has 108 valence electrons. The summed E-state index contributed by atoms with van der Waals surface area (Å²) in [6.07, 6.45) is -1.67. The molecule has 20 heavy (non-hydrogen) atoms. The Kier molecular flexibility index (Phi) is 4.59. The van der Waals surface area contributed by atoms with E-state index < -0.39 is 30.6 Å². The zero-order valence-corrected chi connectivity index (χ0v) is 11.1. The Morgan fingerprint density at radius 2 is 2.20 bits per heavy atom. The summed E-state index contributed by atoms with van der Waals surface area (Å²) in [5, 5.41) is 23.7. The normalized spacial score (nSPS) is 33.5. The van der Waals surface area contributed by atoms with Gasteiger partial charge < -0.3 is 19.7 Å². The molecule has 2 N–H and O–H groups in total.